The Balaban J connectivity index is 1.29. The molecule has 1 saturated heterocycles. The molecule has 5 heteroatoms. The Morgan fingerprint density at radius 3 is 2.96 bits per heavy atom. The van der Waals surface area contributed by atoms with Crippen LogP contribution in [0.15, 0.2) is 36.7 Å². The van der Waals surface area contributed by atoms with Crippen LogP contribution in [0.4, 0.5) is 0 Å². The summed E-state index contributed by atoms with van der Waals surface area (Å²) in [5, 5.41) is 7.59. The first kappa shape index (κ1) is 15.4. The number of hydrogen-bond acceptors (Lipinski definition) is 3. The Hall–Kier alpha value is -2.14. The lowest BCUT2D eigenvalue weighted by molar-refractivity contribution is -0.124. The van der Waals surface area contributed by atoms with Crippen molar-refractivity contribution in [2.24, 2.45) is 0 Å². The van der Waals surface area contributed by atoms with E-state index in [4.69, 9.17) is 0 Å². The van der Waals surface area contributed by atoms with Gasteiger partial charge in [0.15, 0.2) is 0 Å². The molecule has 1 atom stereocenters. The molecule has 1 aliphatic heterocycles. The number of nitrogens with zero attached hydrogens (tertiary/aromatic N) is 3. The highest BCUT2D eigenvalue weighted by molar-refractivity contribution is 5.78. The highest BCUT2D eigenvalue weighted by atomic mass is 16.2. The third kappa shape index (κ3) is 3.08. The van der Waals surface area contributed by atoms with Crippen molar-refractivity contribution in [2.75, 3.05) is 19.6 Å². The van der Waals surface area contributed by atoms with Gasteiger partial charge in [-0.2, -0.15) is 5.10 Å². The van der Waals surface area contributed by atoms with Crippen molar-refractivity contribution in [3.8, 4) is 0 Å². The predicted octanol–water partition coefficient (Wildman–Crippen LogP) is 2.24. The maximum atomic E-state index is 12.4. The van der Waals surface area contributed by atoms with Crippen LogP contribution in [0.5, 0.6) is 0 Å². The molecular formula is C19H24N4O. The Morgan fingerprint density at radius 1 is 1.33 bits per heavy atom. The van der Waals surface area contributed by atoms with Crippen LogP contribution in [-0.4, -0.2) is 40.2 Å². The number of amides is 1. The topological polar surface area (TPSA) is 50.2 Å². The summed E-state index contributed by atoms with van der Waals surface area (Å²) in [6.45, 7) is 4.33. The summed E-state index contributed by atoms with van der Waals surface area (Å²) in [4.78, 5) is 14.6. The van der Waals surface area contributed by atoms with E-state index in [2.05, 4.69) is 52.7 Å². The van der Waals surface area contributed by atoms with Gasteiger partial charge in [-0.15, -0.1) is 0 Å². The molecule has 0 bridgehead atoms. The van der Waals surface area contributed by atoms with Crippen LogP contribution in [-0.2, 0) is 11.2 Å². The largest absolute Gasteiger partial charge is 0.348 e. The standard InChI is InChI=1S/C19H24N4O/c1-14-9-20-23(10-14)16-11-22(12-16)13-19(24)21-18-8-4-6-15-5-2-3-7-17(15)18/h2-3,5,7,9-10,16,18H,4,6,8,11-13H2,1H3,(H,21,24)/t18-/m1/s1. The number of aryl methyl sites for hydroxylation is 2. The molecule has 0 unspecified atom stereocenters. The van der Waals surface area contributed by atoms with E-state index >= 15 is 0 Å². The van der Waals surface area contributed by atoms with Crippen LogP contribution in [0.2, 0.25) is 0 Å². The third-order valence-electron chi connectivity index (χ3n) is 5.11. The van der Waals surface area contributed by atoms with Crippen LogP contribution in [0.1, 0.15) is 41.6 Å². The zero-order valence-electron chi connectivity index (χ0n) is 14.1. The first-order chi connectivity index (χ1) is 11.7. The van der Waals surface area contributed by atoms with Crippen molar-refractivity contribution in [3.05, 3.63) is 53.3 Å². The summed E-state index contributed by atoms with van der Waals surface area (Å²) in [6.07, 6.45) is 7.26. The summed E-state index contributed by atoms with van der Waals surface area (Å²) in [6, 6.07) is 9.06. The van der Waals surface area contributed by atoms with Gasteiger partial charge in [-0.25, -0.2) is 0 Å². The first-order valence-electron chi connectivity index (χ1n) is 8.79. The maximum Gasteiger partial charge on any atom is 0.234 e. The highest BCUT2D eigenvalue weighted by Gasteiger charge is 2.30. The van der Waals surface area contributed by atoms with E-state index in [-0.39, 0.29) is 11.9 Å². The zero-order valence-corrected chi connectivity index (χ0v) is 14.1. The molecule has 1 aliphatic carbocycles. The van der Waals surface area contributed by atoms with E-state index < -0.39 is 0 Å². The lowest BCUT2D eigenvalue weighted by Gasteiger charge is -2.39. The van der Waals surface area contributed by atoms with Crippen molar-refractivity contribution >= 4 is 5.91 Å². The Bertz CT molecular complexity index is 732. The second kappa shape index (κ2) is 6.40. The Labute approximate surface area is 142 Å². The van der Waals surface area contributed by atoms with Crippen LogP contribution in [0.3, 0.4) is 0 Å². The van der Waals surface area contributed by atoms with E-state index in [1.807, 2.05) is 10.9 Å². The zero-order chi connectivity index (χ0) is 16.5. The monoisotopic (exact) mass is 324 g/mol. The molecule has 0 radical (unpaired) electrons. The first-order valence-corrected chi connectivity index (χ1v) is 8.79. The van der Waals surface area contributed by atoms with Gasteiger partial charge in [-0.1, -0.05) is 24.3 Å². The van der Waals surface area contributed by atoms with Gasteiger partial charge in [0.25, 0.3) is 0 Å². The molecular weight excluding hydrogens is 300 g/mol. The molecule has 1 N–H and O–H groups in total. The smallest absolute Gasteiger partial charge is 0.234 e. The summed E-state index contributed by atoms with van der Waals surface area (Å²) in [7, 11) is 0. The quantitative estimate of drug-likeness (QED) is 0.938. The van der Waals surface area contributed by atoms with Gasteiger partial charge in [-0.05, 0) is 42.9 Å². The van der Waals surface area contributed by atoms with Crippen LogP contribution < -0.4 is 5.32 Å². The molecule has 0 spiro atoms. The number of nitrogens with one attached hydrogen (secondary N) is 1. The van der Waals surface area contributed by atoms with Gasteiger partial charge in [0.1, 0.15) is 0 Å². The minimum absolute atomic E-state index is 0.131. The van der Waals surface area contributed by atoms with Crippen molar-refractivity contribution in [2.45, 2.75) is 38.3 Å². The summed E-state index contributed by atoms with van der Waals surface area (Å²) in [5.41, 5.74) is 3.86. The van der Waals surface area contributed by atoms with Gasteiger partial charge < -0.3 is 5.32 Å². The average Bonchev–Trinajstić information content (AvgIpc) is 2.97. The fourth-order valence-electron chi connectivity index (χ4n) is 3.82. The van der Waals surface area contributed by atoms with Gasteiger partial charge in [0, 0.05) is 19.3 Å². The number of carbonyl (C=O) groups is 1. The fraction of sp³-hybridized carbons (Fsp3) is 0.474. The molecule has 4 rings (SSSR count). The van der Waals surface area contributed by atoms with Crippen LogP contribution in [0, 0.1) is 6.92 Å². The average molecular weight is 324 g/mol. The number of fused-ring (bicyclic) bond motifs is 1. The molecule has 2 heterocycles. The van der Waals surface area contributed by atoms with E-state index in [1.165, 1.54) is 16.7 Å². The predicted molar refractivity (Wildman–Crippen MR) is 92.7 cm³/mol. The maximum absolute atomic E-state index is 12.4. The van der Waals surface area contributed by atoms with Crippen LogP contribution >= 0.6 is 0 Å². The molecule has 1 fully saturated rings. The van der Waals surface area contributed by atoms with E-state index in [1.54, 1.807) is 0 Å². The Morgan fingerprint density at radius 2 is 2.17 bits per heavy atom. The summed E-state index contributed by atoms with van der Waals surface area (Å²) >= 11 is 0. The number of benzene rings is 1. The van der Waals surface area contributed by atoms with Crippen LogP contribution in [0.25, 0.3) is 0 Å². The molecule has 0 saturated carbocycles. The second-order valence-corrected chi connectivity index (χ2v) is 7.06. The molecule has 1 amide bonds. The van der Waals surface area contributed by atoms with Gasteiger partial charge >= 0.3 is 0 Å². The van der Waals surface area contributed by atoms with E-state index in [0.29, 0.717) is 12.6 Å². The fourth-order valence-corrected chi connectivity index (χ4v) is 3.82. The normalized spacial score (nSPS) is 21.1. The molecule has 1 aromatic heterocycles. The lowest BCUT2D eigenvalue weighted by Crippen LogP contribution is -2.52. The highest BCUT2D eigenvalue weighted by Crippen LogP contribution is 2.29. The van der Waals surface area contributed by atoms with E-state index in [9.17, 15) is 4.79 Å². The Kier molecular flexibility index (Phi) is 4.10. The number of likely N-dealkylation sites (tertiary alicyclic amines) is 1. The number of hydrogen-bond donors (Lipinski definition) is 1. The number of carbonyl (C=O) groups excluding carboxylic acids is 1. The number of rotatable bonds is 4. The van der Waals surface area contributed by atoms with Crippen molar-refractivity contribution in [1.82, 2.24) is 20.0 Å². The number of aromatic nitrogens is 2. The molecule has 1 aromatic carbocycles. The molecule has 2 aromatic rings. The molecule has 24 heavy (non-hydrogen) atoms. The summed E-state index contributed by atoms with van der Waals surface area (Å²) in [5.74, 6) is 0.131. The van der Waals surface area contributed by atoms with Gasteiger partial charge in [0.05, 0.1) is 24.8 Å². The lowest BCUT2D eigenvalue weighted by atomic mass is 9.88. The van der Waals surface area contributed by atoms with Crippen molar-refractivity contribution in [3.63, 3.8) is 0 Å². The van der Waals surface area contributed by atoms with E-state index in [0.717, 1.165) is 32.4 Å². The molecule has 126 valence electrons. The second-order valence-electron chi connectivity index (χ2n) is 7.06. The minimum Gasteiger partial charge on any atom is -0.348 e. The SMILES string of the molecule is Cc1cnn(C2CN(CC(=O)N[C@@H]3CCCc4ccccc43)C2)c1. The van der Waals surface area contributed by atoms with Crippen molar-refractivity contribution < 1.29 is 4.79 Å². The van der Waals surface area contributed by atoms with Gasteiger partial charge in [0.2, 0.25) is 5.91 Å². The minimum atomic E-state index is 0.131. The van der Waals surface area contributed by atoms with Crippen molar-refractivity contribution in [1.29, 1.82) is 0 Å². The third-order valence-corrected chi connectivity index (χ3v) is 5.11. The molecule has 2 aliphatic rings. The van der Waals surface area contributed by atoms with Gasteiger partial charge in [-0.3, -0.25) is 14.4 Å². The molecule has 5 nitrogen and oxygen atoms in total. The summed E-state index contributed by atoms with van der Waals surface area (Å²) < 4.78 is 2.01.